The number of aryl methyl sites for hydroxylation is 1. The third-order valence-electron chi connectivity index (χ3n) is 4.56. The molecule has 29 heavy (non-hydrogen) atoms. The number of hydrogen-bond donors (Lipinski definition) is 2. The summed E-state index contributed by atoms with van der Waals surface area (Å²) < 4.78 is 1.81. The van der Waals surface area contributed by atoms with Gasteiger partial charge in [-0.2, -0.15) is 5.10 Å². The molecule has 2 N–H and O–H groups in total. The highest BCUT2D eigenvalue weighted by Crippen LogP contribution is 2.23. The van der Waals surface area contributed by atoms with Crippen molar-refractivity contribution in [2.24, 2.45) is 0 Å². The van der Waals surface area contributed by atoms with Gasteiger partial charge in [0.2, 0.25) is 5.91 Å². The quantitative estimate of drug-likeness (QED) is 0.676. The molecule has 0 bridgehead atoms. The summed E-state index contributed by atoms with van der Waals surface area (Å²) in [6, 6.07) is 16.9. The monoisotopic (exact) mass is 391 g/mol. The van der Waals surface area contributed by atoms with Crippen LogP contribution in [-0.4, -0.2) is 47.1 Å². The van der Waals surface area contributed by atoms with Crippen molar-refractivity contribution in [3.63, 3.8) is 0 Å². The summed E-state index contributed by atoms with van der Waals surface area (Å²) in [4.78, 5) is 26.4. The van der Waals surface area contributed by atoms with E-state index in [0.29, 0.717) is 16.9 Å². The van der Waals surface area contributed by atoms with Crippen LogP contribution < -0.4 is 10.6 Å². The van der Waals surface area contributed by atoms with Crippen LogP contribution in [0.1, 0.15) is 21.7 Å². The highest BCUT2D eigenvalue weighted by atomic mass is 16.2. The first-order valence-corrected chi connectivity index (χ1v) is 9.34. The summed E-state index contributed by atoms with van der Waals surface area (Å²) in [5.74, 6) is -0.333. The number of para-hydroxylation sites is 2. The Kier molecular flexibility index (Phi) is 5.97. The van der Waals surface area contributed by atoms with Crippen LogP contribution in [0.5, 0.6) is 0 Å². The maximum atomic E-state index is 12.5. The van der Waals surface area contributed by atoms with Gasteiger partial charge in [0, 0.05) is 19.8 Å². The first-order chi connectivity index (χ1) is 13.9. The first-order valence-electron chi connectivity index (χ1n) is 9.34. The second-order valence-electron chi connectivity index (χ2n) is 6.94. The summed E-state index contributed by atoms with van der Waals surface area (Å²) in [6.07, 6.45) is 0. The zero-order chi connectivity index (χ0) is 21.0. The van der Waals surface area contributed by atoms with Crippen molar-refractivity contribution in [3.8, 4) is 5.69 Å². The first kappa shape index (κ1) is 20.1. The lowest BCUT2D eigenvalue weighted by Crippen LogP contribution is -2.26. The van der Waals surface area contributed by atoms with Gasteiger partial charge in [-0.25, -0.2) is 4.68 Å². The topological polar surface area (TPSA) is 79.3 Å². The molecule has 0 unspecified atom stereocenters. The minimum Gasteiger partial charge on any atom is -0.376 e. The Morgan fingerprint density at radius 1 is 1.00 bits per heavy atom. The van der Waals surface area contributed by atoms with Gasteiger partial charge in [-0.3, -0.25) is 9.59 Å². The molecule has 7 heteroatoms. The second-order valence-corrected chi connectivity index (χ2v) is 6.94. The number of nitrogens with one attached hydrogen (secondary N) is 2. The van der Waals surface area contributed by atoms with E-state index in [1.54, 1.807) is 32.3 Å². The van der Waals surface area contributed by atoms with Gasteiger partial charge in [0.15, 0.2) is 0 Å². The minimum absolute atomic E-state index is 0.0348. The lowest BCUT2D eigenvalue weighted by molar-refractivity contribution is -0.114. The number of rotatable bonds is 6. The van der Waals surface area contributed by atoms with E-state index in [0.717, 1.165) is 17.1 Å². The Bertz CT molecular complexity index is 1020. The molecule has 0 saturated carbocycles. The SMILES string of the molecule is Cc1nn(-c2ccccc2)c(C)c1NC(=O)CNc1ccccc1C(=O)N(C)C. The van der Waals surface area contributed by atoms with E-state index in [-0.39, 0.29) is 18.4 Å². The van der Waals surface area contributed by atoms with E-state index in [1.165, 1.54) is 4.90 Å². The normalized spacial score (nSPS) is 10.5. The second kappa shape index (κ2) is 8.60. The van der Waals surface area contributed by atoms with Gasteiger partial charge in [-0.05, 0) is 38.1 Å². The standard InChI is InChI=1S/C22H25N5O2/c1-15-21(16(2)27(25-15)17-10-6-5-7-11-17)24-20(28)14-23-19-13-9-8-12-18(19)22(29)26(3)4/h5-13,23H,14H2,1-4H3,(H,24,28). The molecule has 2 amide bonds. The Morgan fingerprint density at radius 2 is 1.66 bits per heavy atom. The van der Waals surface area contributed by atoms with Gasteiger partial charge in [0.05, 0.1) is 34.9 Å². The van der Waals surface area contributed by atoms with E-state index in [2.05, 4.69) is 15.7 Å². The van der Waals surface area contributed by atoms with Gasteiger partial charge in [0.1, 0.15) is 0 Å². The predicted octanol–water partition coefficient (Wildman–Crippen LogP) is 3.24. The van der Waals surface area contributed by atoms with E-state index >= 15 is 0 Å². The van der Waals surface area contributed by atoms with Crippen molar-refractivity contribution < 1.29 is 9.59 Å². The molecule has 0 fully saturated rings. The average molecular weight is 391 g/mol. The lowest BCUT2D eigenvalue weighted by atomic mass is 10.1. The fourth-order valence-electron chi connectivity index (χ4n) is 3.07. The van der Waals surface area contributed by atoms with Crippen LogP contribution >= 0.6 is 0 Å². The summed E-state index contributed by atoms with van der Waals surface area (Å²) >= 11 is 0. The van der Waals surface area contributed by atoms with Crippen LogP contribution in [0.3, 0.4) is 0 Å². The van der Waals surface area contributed by atoms with Crippen molar-refractivity contribution in [1.82, 2.24) is 14.7 Å². The molecular weight excluding hydrogens is 366 g/mol. The zero-order valence-electron chi connectivity index (χ0n) is 17.1. The van der Waals surface area contributed by atoms with Crippen molar-refractivity contribution >= 4 is 23.2 Å². The largest absolute Gasteiger partial charge is 0.376 e. The molecule has 7 nitrogen and oxygen atoms in total. The van der Waals surface area contributed by atoms with Crippen molar-refractivity contribution in [2.75, 3.05) is 31.3 Å². The number of amides is 2. The molecule has 0 saturated heterocycles. The molecule has 0 spiro atoms. The van der Waals surface area contributed by atoms with Gasteiger partial charge in [0.25, 0.3) is 5.91 Å². The van der Waals surface area contributed by atoms with Crippen LogP contribution in [-0.2, 0) is 4.79 Å². The molecular formula is C22H25N5O2. The molecule has 0 aliphatic rings. The Hall–Kier alpha value is -3.61. The molecule has 0 aliphatic heterocycles. The highest BCUT2D eigenvalue weighted by Gasteiger charge is 2.16. The molecule has 0 atom stereocenters. The fourth-order valence-corrected chi connectivity index (χ4v) is 3.07. The van der Waals surface area contributed by atoms with Crippen molar-refractivity contribution in [2.45, 2.75) is 13.8 Å². The van der Waals surface area contributed by atoms with Gasteiger partial charge < -0.3 is 15.5 Å². The van der Waals surface area contributed by atoms with Gasteiger partial charge >= 0.3 is 0 Å². The fraction of sp³-hybridized carbons (Fsp3) is 0.227. The Morgan fingerprint density at radius 3 is 2.34 bits per heavy atom. The zero-order valence-corrected chi connectivity index (χ0v) is 17.1. The summed E-state index contributed by atoms with van der Waals surface area (Å²) in [7, 11) is 3.39. The molecule has 150 valence electrons. The average Bonchev–Trinajstić information content (AvgIpc) is 3.00. The molecule has 1 heterocycles. The maximum Gasteiger partial charge on any atom is 0.255 e. The highest BCUT2D eigenvalue weighted by molar-refractivity contribution is 6.00. The van der Waals surface area contributed by atoms with Crippen LogP contribution in [0.15, 0.2) is 54.6 Å². The molecule has 3 aromatic rings. The van der Waals surface area contributed by atoms with Crippen molar-refractivity contribution in [3.05, 3.63) is 71.5 Å². The number of hydrogen-bond acceptors (Lipinski definition) is 4. The summed E-state index contributed by atoms with van der Waals surface area (Å²) in [5, 5.41) is 10.5. The molecule has 0 aliphatic carbocycles. The van der Waals surface area contributed by atoms with Crippen LogP contribution in [0.25, 0.3) is 5.69 Å². The van der Waals surface area contributed by atoms with E-state index < -0.39 is 0 Å². The third-order valence-corrected chi connectivity index (χ3v) is 4.56. The number of carbonyl (C=O) groups is 2. The minimum atomic E-state index is -0.212. The molecule has 3 rings (SSSR count). The predicted molar refractivity (Wildman–Crippen MR) is 115 cm³/mol. The third kappa shape index (κ3) is 4.45. The Labute approximate surface area is 170 Å². The maximum absolute atomic E-state index is 12.5. The van der Waals surface area contributed by atoms with E-state index in [4.69, 9.17) is 0 Å². The molecule has 2 aromatic carbocycles. The van der Waals surface area contributed by atoms with E-state index in [9.17, 15) is 9.59 Å². The van der Waals surface area contributed by atoms with E-state index in [1.807, 2.05) is 54.9 Å². The van der Waals surface area contributed by atoms with Crippen LogP contribution in [0.2, 0.25) is 0 Å². The van der Waals surface area contributed by atoms with Crippen LogP contribution in [0.4, 0.5) is 11.4 Å². The lowest BCUT2D eigenvalue weighted by Gasteiger charge is -2.15. The number of nitrogens with zero attached hydrogens (tertiary/aromatic N) is 3. The number of carbonyl (C=O) groups excluding carboxylic acids is 2. The summed E-state index contributed by atoms with van der Waals surface area (Å²) in [6.45, 7) is 3.81. The van der Waals surface area contributed by atoms with Crippen molar-refractivity contribution in [1.29, 1.82) is 0 Å². The Balaban J connectivity index is 1.72. The number of aromatic nitrogens is 2. The number of anilines is 2. The molecule has 0 radical (unpaired) electrons. The van der Waals surface area contributed by atoms with Crippen LogP contribution in [0, 0.1) is 13.8 Å². The molecule has 1 aromatic heterocycles. The number of benzene rings is 2. The summed E-state index contributed by atoms with van der Waals surface area (Å²) in [5.41, 5.74) is 4.36. The van der Waals surface area contributed by atoms with Gasteiger partial charge in [-0.1, -0.05) is 30.3 Å². The van der Waals surface area contributed by atoms with Gasteiger partial charge in [-0.15, -0.1) is 0 Å². The smallest absolute Gasteiger partial charge is 0.255 e.